The zero-order valence-electron chi connectivity index (χ0n) is 11.6. The summed E-state index contributed by atoms with van der Waals surface area (Å²) in [6, 6.07) is 4.86. The third-order valence-corrected chi connectivity index (χ3v) is 5.28. The molecule has 0 bridgehead atoms. The first kappa shape index (κ1) is 14.5. The molecule has 1 heterocycles. The second-order valence-electron chi connectivity index (χ2n) is 6.22. The van der Waals surface area contributed by atoms with E-state index in [0.29, 0.717) is 5.92 Å². The highest BCUT2D eigenvalue weighted by Crippen LogP contribution is 2.44. The van der Waals surface area contributed by atoms with Gasteiger partial charge in [-0.3, -0.25) is 0 Å². The van der Waals surface area contributed by atoms with E-state index in [-0.39, 0.29) is 17.5 Å². The molecule has 2 fully saturated rings. The first-order valence-corrected chi connectivity index (χ1v) is 8.23. The summed E-state index contributed by atoms with van der Waals surface area (Å²) in [5.41, 5.74) is 7.36. The zero-order chi connectivity index (χ0) is 14.2. The van der Waals surface area contributed by atoms with Gasteiger partial charge in [0.1, 0.15) is 5.82 Å². The molecule has 1 saturated carbocycles. The molecule has 1 aromatic carbocycles. The van der Waals surface area contributed by atoms with Crippen LogP contribution in [0.2, 0.25) is 0 Å². The van der Waals surface area contributed by atoms with Gasteiger partial charge in [0.2, 0.25) is 0 Å². The van der Waals surface area contributed by atoms with E-state index in [0.717, 1.165) is 42.3 Å². The van der Waals surface area contributed by atoms with Crippen LogP contribution in [-0.4, -0.2) is 12.2 Å². The van der Waals surface area contributed by atoms with Gasteiger partial charge in [-0.1, -0.05) is 28.8 Å². The summed E-state index contributed by atoms with van der Waals surface area (Å²) >= 11 is 3.34. The molecular formula is C16H21BrFNO. The van der Waals surface area contributed by atoms with E-state index < -0.39 is 0 Å². The van der Waals surface area contributed by atoms with Gasteiger partial charge < -0.3 is 10.5 Å². The Hall–Kier alpha value is -0.450. The number of halogens is 2. The molecule has 2 N–H and O–H groups in total. The van der Waals surface area contributed by atoms with Gasteiger partial charge in [0, 0.05) is 17.1 Å². The smallest absolute Gasteiger partial charge is 0.124 e. The Bertz CT molecular complexity index is 467. The van der Waals surface area contributed by atoms with E-state index in [1.807, 2.05) is 6.07 Å². The van der Waals surface area contributed by atoms with Crippen LogP contribution in [0.15, 0.2) is 22.7 Å². The Kier molecular flexibility index (Phi) is 4.16. The van der Waals surface area contributed by atoms with Crippen LogP contribution in [0.3, 0.4) is 0 Å². The van der Waals surface area contributed by atoms with Crippen LogP contribution >= 0.6 is 15.9 Å². The molecule has 2 nitrogen and oxygen atoms in total. The molecule has 1 aliphatic heterocycles. The molecule has 110 valence electrons. The van der Waals surface area contributed by atoms with E-state index in [1.165, 1.54) is 18.9 Å². The van der Waals surface area contributed by atoms with Crippen molar-refractivity contribution in [3.8, 4) is 0 Å². The van der Waals surface area contributed by atoms with Crippen LogP contribution in [-0.2, 0) is 4.74 Å². The standard InChI is InChI=1S/C16H21BrFNO/c17-13-7-12(8-14(18)9-13)15(19)11-3-6-20-16(10-11)4-1-2-5-16/h7-9,11,15H,1-6,10,19H2. The first-order chi connectivity index (χ1) is 9.58. The maximum absolute atomic E-state index is 13.5. The molecule has 0 radical (unpaired) electrons. The Morgan fingerprint density at radius 3 is 2.75 bits per heavy atom. The molecule has 1 aliphatic carbocycles. The summed E-state index contributed by atoms with van der Waals surface area (Å²) in [4.78, 5) is 0. The topological polar surface area (TPSA) is 35.2 Å². The quantitative estimate of drug-likeness (QED) is 0.868. The minimum atomic E-state index is -0.229. The van der Waals surface area contributed by atoms with Crippen molar-refractivity contribution in [2.75, 3.05) is 6.61 Å². The highest BCUT2D eigenvalue weighted by Gasteiger charge is 2.41. The fourth-order valence-electron chi connectivity index (χ4n) is 3.78. The molecule has 20 heavy (non-hydrogen) atoms. The Morgan fingerprint density at radius 1 is 1.30 bits per heavy atom. The second kappa shape index (κ2) is 5.74. The highest BCUT2D eigenvalue weighted by atomic mass is 79.9. The summed E-state index contributed by atoms with van der Waals surface area (Å²) in [7, 11) is 0. The molecule has 2 aliphatic rings. The Labute approximate surface area is 128 Å². The van der Waals surface area contributed by atoms with Crippen molar-refractivity contribution in [2.45, 2.75) is 50.2 Å². The van der Waals surface area contributed by atoms with Crippen molar-refractivity contribution >= 4 is 15.9 Å². The monoisotopic (exact) mass is 341 g/mol. The molecular weight excluding hydrogens is 321 g/mol. The third-order valence-electron chi connectivity index (χ3n) is 4.82. The largest absolute Gasteiger partial charge is 0.375 e. The number of ether oxygens (including phenoxy) is 1. The number of hydrogen-bond acceptors (Lipinski definition) is 2. The van der Waals surface area contributed by atoms with Crippen molar-refractivity contribution in [3.63, 3.8) is 0 Å². The zero-order valence-corrected chi connectivity index (χ0v) is 13.2. The van der Waals surface area contributed by atoms with E-state index in [2.05, 4.69) is 15.9 Å². The van der Waals surface area contributed by atoms with Crippen LogP contribution in [0.5, 0.6) is 0 Å². The maximum Gasteiger partial charge on any atom is 0.124 e. The van der Waals surface area contributed by atoms with Crippen LogP contribution in [0.25, 0.3) is 0 Å². The van der Waals surface area contributed by atoms with Gasteiger partial charge in [-0.15, -0.1) is 0 Å². The summed E-state index contributed by atoms with van der Waals surface area (Å²) in [5.74, 6) is 0.156. The number of benzene rings is 1. The molecule has 1 saturated heterocycles. The van der Waals surface area contributed by atoms with Crippen LogP contribution in [0, 0.1) is 11.7 Å². The van der Waals surface area contributed by atoms with Crippen molar-refractivity contribution in [3.05, 3.63) is 34.1 Å². The average Bonchev–Trinajstić information content (AvgIpc) is 2.85. The number of nitrogens with two attached hydrogens (primary N) is 1. The van der Waals surface area contributed by atoms with Gasteiger partial charge in [0.05, 0.1) is 5.60 Å². The van der Waals surface area contributed by atoms with Gasteiger partial charge in [0.25, 0.3) is 0 Å². The minimum Gasteiger partial charge on any atom is -0.375 e. The molecule has 0 amide bonds. The lowest BCUT2D eigenvalue weighted by Gasteiger charge is -2.40. The number of hydrogen-bond donors (Lipinski definition) is 1. The van der Waals surface area contributed by atoms with Crippen molar-refractivity contribution < 1.29 is 9.13 Å². The lowest BCUT2D eigenvalue weighted by atomic mass is 9.79. The van der Waals surface area contributed by atoms with Crippen molar-refractivity contribution in [2.24, 2.45) is 11.7 Å². The lowest BCUT2D eigenvalue weighted by Crippen LogP contribution is -2.40. The summed E-state index contributed by atoms with van der Waals surface area (Å²) in [6.07, 6.45) is 6.81. The van der Waals surface area contributed by atoms with Crippen molar-refractivity contribution in [1.82, 2.24) is 0 Å². The second-order valence-corrected chi connectivity index (χ2v) is 7.14. The predicted octanol–water partition coefficient (Wildman–Crippen LogP) is 4.33. The minimum absolute atomic E-state index is 0.0606. The van der Waals surface area contributed by atoms with Gasteiger partial charge in [0.15, 0.2) is 0 Å². The van der Waals surface area contributed by atoms with E-state index in [4.69, 9.17) is 10.5 Å². The van der Waals surface area contributed by atoms with Gasteiger partial charge in [-0.25, -0.2) is 4.39 Å². The van der Waals surface area contributed by atoms with Crippen molar-refractivity contribution in [1.29, 1.82) is 0 Å². The van der Waals surface area contributed by atoms with E-state index in [9.17, 15) is 4.39 Å². The molecule has 1 aromatic rings. The SMILES string of the molecule is NC(c1cc(F)cc(Br)c1)C1CCOC2(CCCC2)C1. The normalized spacial score (nSPS) is 26.9. The predicted molar refractivity (Wildman–Crippen MR) is 80.9 cm³/mol. The van der Waals surface area contributed by atoms with Crippen LogP contribution in [0.1, 0.15) is 50.1 Å². The lowest BCUT2D eigenvalue weighted by molar-refractivity contribution is -0.0963. The summed E-state index contributed by atoms with van der Waals surface area (Å²) < 4.78 is 20.3. The molecule has 2 unspecified atom stereocenters. The Balaban J connectivity index is 1.77. The maximum atomic E-state index is 13.5. The van der Waals surface area contributed by atoms with E-state index >= 15 is 0 Å². The molecule has 3 rings (SSSR count). The average molecular weight is 342 g/mol. The molecule has 2 atom stereocenters. The fourth-order valence-corrected chi connectivity index (χ4v) is 4.26. The first-order valence-electron chi connectivity index (χ1n) is 7.44. The highest BCUT2D eigenvalue weighted by molar-refractivity contribution is 9.10. The fraction of sp³-hybridized carbons (Fsp3) is 0.625. The van der Waals surface area contributed by atoms with Gasteiger partial charge in [-0.05, 0) is 55.4 Å². The van der Waals surface area contributed by atoms with Crippen LogP contribution < -0.4 is 5.73 Å². The number of rotatable bonds is 2. The van der Waals surface area contributed by atoms with E-state index in [1.54, 1.807) is 6.07 Å². The van der Waals surface area contributed by atoms with Crippen LogP contribution in [0.4, 0.5) is 4.39 Å². The van der Waals surface area contributed by atoms with Gasteiger partial charge >= 0.3 is 0 Å². The summed E-state index contributed by atoms with van der Waals surface area (Å²) in [5, 5.41) is 0. The summed E-state index contributed by atoms with van der Waals surface area (Å²) in [6.45, 7) is 0.787. The molecule has 1 spiro atoms. The Morgan fingerprint density at radius 2 is 2.05 bits per heavy atom. The third kappa shape index (κ3) is 2.92. The molecule has 0 aromatic heterocycles. The molecule has 4 heteroatoms. The van der Waals surface area contributed by atoms with Gasteiger partial charge in [-0.2, -0.15) is 0 Å².